The standard InChI is InChI=1S/C9H14N2/c10-9-3-1-2-7-6-11-5-4-8(7)9/h1-2,9,11H,3-6,10H2. The topological polar surface area (TPSA) is 38.0 Å². The molecular formula is C9H14N2. The zero-order valence-corrected chi connectivity index (χ0v) is 6.64. The van der Waals surface area contributed by atoms with E-state index in [9.17, 15) is 0 Å². The summed E-state index contributed by atoms with van der Waals surface area (Å²) in [5, 5.41) is 3.34. The van der Waals surface area contributed by atoms with Crippen LogP contribution in [0, 0.1) is 0 Å². The fraction of sp³-hybridized carbons (Fsp3) is 0.556. The first-order chi connectivity index (χ1) is 5.38. The molecule has 0 fully saturated rings. The number of rotatable bonds is 0. The van der Waals surface area contributed by atoms with E-state index in [2.05, 4.69) is 17.5 Å². The molecule has 1 unspecified atom stereocenters. The van der Waals surface area contributed by atoms with E-state index in [0.29, 0.717) is 6.04 Å². The molecule has 2 nitrogen and oxygen atoms in total. The van der Waals surface area contributed by atoms with Crippen LogP contribution in [0.2, 0.25) is 0 Å². The molecule has 0 aromatic rings. The van der Waals surface area contributed by atoms with Crippen LogP contribution in [0.3, 0.4) is 0 Å². The largest absolute Gasteiger partial charge is 0.324 e. The van der Waals surface area contributed by atoms with Crippen LogP contribution in [0.25, 0.3) is 0 Å². The van der Waals surface area contributed by atoms with Crippen LogP contribution in [0.5, 0.6) is 0 Å². The molecule has 2 aliphatic rings. The van der Waals surface area contributed by atoms with Crippen molar-refractivity contribution >= 4 is 0 Å². The third-order valence-corrected chi connectivity index (χ3v) is 2.46. The van der Waals surface area contributed by atoms with E-state index in [1.165, 1.54) is 11.1 Å². The van der Waals surface area contributed by atoms with Gasteiger partial charge < -0.3 is 11.1 Å². The minimum absolute atomic E-state index is 0.303. The zero-order chi connectivity index (χ0) is 7.68. The summed E-state index contributed by atoms with van der Waals surface area (Å²) in [4.78, 5) is 0. The highest BCUT2D eigenvalue weighted by atomic mass is 14.9. The molecule has 0 saturated carbocycles. The molecule has 0 aromatic heterocycles. The zero-order valence-electron chi connectivity index (χ0n) is 6.64. The Kier molecular flexibility index (Phi) is 1.80. The Labute approximate surface area is 67.2 Å². The van der Waals surface area contributed by atoms with Crippen molar-refractivity contribution in [2.24, 2.45) is 5.73 Å². The normalized spacial score (nSPS) is 30.5. The van der Waals surface area contributed by atoms with Crippen molar-refractivity contribution in [3.05, 3.63) is 23.3 Å². The van der Waals surface area contributed by atoms with E-state index >= 15 is 0 Å². The maximum atomic E-state index is 5.95. The second kappa shape index (κ2) is 2.80. The third kappa shape index (κ3) is 1.24. The van der Waals surface area contributed by atoms with Gasteiger partial charge in [0.2, 0.25) is 0 Å². The summed E-state index contributed by atoms with van der Waals surface area (Å²) in [5.41, 5.74) is 8.86. The highest BCUT2D eigenvalue weighted by Gasteiger charge is 2.18. The molecule has 1 aliphatic heterocycles. The molecule has 0 radical (unpaired) electrons. The maximum Gasteiger partial charge on any atom is 0.0295 e. The minimum atomic E-state index is 0.303. The number of hydrogen-bond donors (Lipinski definition) is 2. The Hall–Kier alpha value is -0.600. The predicted molar refractivity (Wildman–Crippen MR) is 46.2 cm³/mol. The summed E-state index contributed by atoms with van der Waals surface area (Å²) in [5.74, 6) is 0. The maximum absolute atomic E-state index is 5.95. The average Bonchev–Trinajstić information content (AvgIpc) is 2.06. The van der Waals surface area contributed by atoms with E-state index < -0.39 is 0 Å². The lowest BCUT2D eigenvalue weighted by Gasteiger charge is -2.26. The van der Waals surface area contributed by atoms with Gasteiger partial charge in [-0.1, -0.05) is 12.2 Å². The van der Waals surface area contributed by atoms with Crippen molar-refractivity contribution < 1.29 is 0 Å². The fourth-order valence-corrected chi connectivity index (χ4v) is 1.81. The molecule has 0 saturated heterocycles. The molecule has 2 rings (SSSR count). The van der Waals surface area contributed by atoms with Gasteiger partial charge in [0.05, 0.1) is 0 Å². The number of nitrogens with two attached hydrogens (primary N) is 1. The van der Waals surface area contributed by atoms with Gasteiger partial charge >= 0.3 is 0 Å². The van der Waals surface area contributed by atoms with E-state index in [0.717, 1.165) is 25.9 Å². The van der Waals surface area contributed by atoms with Gasteiger partial charge in [-0.3, -0.25) is 0 Å². The molecular weight excluding hydrogens is 136 g/mol. The van der Waals surface area contributed by atoms with Crippen LogP contribution in [0.4, 0.5) is 0 Å². The van der Waals surface area contributed by atoms with Crippen molar-refractivity contribution in [2.75, 3.05) is 13.1 Å². The second-order valence-corrected chi connectivity index (χ2v) is 3.22. The smallest absolute Gasteiger partial charge is 0.0295 e. The summed E-state index contributed by atoms with van der Waals surface area (Å²) >= 11 is 0. The van der Waals surface area contributed by atoms with Crippen LogP contribution in [0.15, 0.2) is 23.3 Å². The highest BCUT2D eigenvalue weighted by Crippen LogP contribution is 2.22. The van der Waals surface area contributed by atoms with Crippen molar-refractivity contribution in [1.29, 1.82) is 0 Å². The van der Waals surface area contributed by atoms with Crippen LogP contribution in [-0.4, -0.2) is 19.1 Å². The van der Waals surface area contributed by atoms with Gasteiger partial charge in [0, 0.05) is 12.6 Å². The van der Waals surface area contributed by atoms with E-state index in [4.69, 9.17) is 5.73 Å². The lowest BCUT2D eigenvalue weighted by molar-refractivity contribution is 0.618. The van der Waals surface area contributed by atoms with Gasteiger partial charge in [-0.2, -0.15) is 0 Å². The highest BCUT2D eigenvalue weighted by molar-refractivity contribution is 5.36. The van der Waals surface area contributed by atoms with Crippen molar-refractivity contribution in [1.82, 2.24) is 5.32 Å². The van der Waals surface area contributed by atoms with Gasteiger partial charge in [0.1, 0.15) is 0 Å². The fourth-order valence-electron chi connectivity index (χ4n) is 1.81. The molecule has 1 aliphatic carbocycles. The Morgan fingerprint density at radius 1 is 1.55 bits per heavy atom. The summed E-state index contributed by atoms with van der Waals surface area (Å²) < 4.78 is 0. The Balaban J connectivity index is 2.27. The van der Waals surface area contributed by atoms with Gasteiger partial charge in [-0.15, -0.1) is 0 Å². The first-order valence-electron chi connectivity index (χ1n) is 4.22. The summed E-state index contributed by atoms with van der Waals surface area (Å²) in [6, 6.07) is 0.303. The molecule has 11 heavy (non-hydrogen) atoms. The van der Waals surface area contributed by atoms with Crippen LogP contribution >= 0.6 is 0 Å². The first-order valence-corrected chi connectivity index (χ1v) is 4.22. The molecule has 3 N–H and O–H groups in total. The van der Waals surface area contributed by atoms with Crippen LogP contribution in [0.1, 0.15) is 12.8 Å². The van der Waals surface area contributed by atoms with E-state index in [1.54, 1.807) is 0 Å². The molecule has 0 bridgehead atoms. The Bertz CT molecular complexity index is 216. The van der Waals surface area contributed by atoms with Crippen molar-refractivity contribution in [3.8, 4) is 0 Å². The third-order valence-electron chi connectivity index (χ3n) is 2.46. The van der Waals surface area contributed by atoms with Crippen LogP contribution < -0.4 is 11.1 Å². The second-order valence-electron chi connectivity index (χ2n) is 3.22. The monoisotopic (exact) mass is 150 g/mol. The van der Waals surface area contributed by atoms with Crippen molar-refractivity contribution in [2.45, 2.75) is 18.9 Å². The first kappa shape index (κ1) is 7.07. The van der Waals surface area contributed by atoms with Gasteiger partial charge in [-0.05, 0) is 30.5 Å². The Morgan fingerprint density at radius 3 is 3.27 bits per heavy atom. The molecule has 2 heteroatoms. The van der Waals surface area contributed by atoms with Gasteiger partial charge in [0.15, 0.2) is 0 Å². The molecule has 60 valence electrons. The molecule has 0 amide bonds. The summed E-state index contributed by atoms with van der Waals surface area (Å²) in [7, 11) is 0. The molecule has 0 aromatic carbocycles. The lowest BCUT2D eigenvalue weighted by Crippen LogP contribution is -2.34. The minimum Gasteiger partial charge on any atom is -0.324 e. The van der Waals surface area contributed by atoms with Crippen LogP contribution in [-0.2, 0) is 0 Å². The number of hydrogen-bond acceptors (Lipinski definition) is 2. The molecule has 1 atom stereocenters. The molecule has 0 spiro atoms. The van der Waals surface area contributed by atoms with Crippen molar-refractivity contribution in [3.63, 3.8) is 0 Å². The van der Waals surface area contributed by atoms with E-state index in [1.807, 2.05) is 0 Å². The summed E-state index contributed by atoms with van der Waals surface area (Å²) in [6.07, 6.45) is 6.56. The molecule has 1 heterocycles. The quantitative estimate of drug-likeness (QED) is 0.529. The predicted octanol–water partition coefficient (Wildman–Crippen LogP) is 0.563. The van der Waals surface area contributed by atoms with E-state index in [-0.39, 0.29) is 0 Å². The SMILES string of the molecule is NC1CC=CC2=C1CCNC2. The van der Waals surface area contributed by atoms with Gasteiger partial charge in [0.25, 0.3) is 0 Å². The number of nitrogens with one attached hydrogen (secondary N) is 1. The summed E-state index contributed by atoms with van der Waals surface area (Å²) in [6.45, 7) is 2.11. The average molecular weight is 150 g/mol. The van der Waals surface area contributed by atoms with Gasteiger partial charge in [-0.25, -0.2) is 0 Å². The Morgan fingerprint density at radius 2 is 2.45 bits per heavy atom. The lowest BCUT2D eigenvalue weighted by atomic mass is 9.89.